The number of amides is 5. The highest BCUT2D eigenvalue weighted by molar-refractivity contribution is 14.1. The molecule has 1 fully saturated rings. The second-order valence-electron chi connectivity index (χ2n) is 8.35. The minimum Gasteiger partial charge on any atom is -0.490 e. The van der Waals surface area contributed by atoms with E-state index in [0.717, 1.165) is 10.5 Å². The Morgan fingerprint density at radius 2 is 1.85 bits per heavy atom. The van der Waals surface area contributed by atoms with Crippen molar-refractivity contribution in [1.82, 2.24) is 5.32 Å². The monoisotopic (exact) mass is 659 g/mol. The third-order valence-corrected chi connectivity index (χ3v) is 6.61. The third-order valence-electron chi connectivity index (χ3n) is 5.58. The van der Waals surface area contributed by atoms with Gasteiger partial charge in [-0.15, -0.1) is 0 Å². The first-order valence-electron chi connectivity index (χ1n) is 11.8. The van der Waals surface area contributed by atoms with Gasteiger partial charge in [0.15, 0.2) is 18.1 Å². The number of nitrogens with one attached hydrogen (secondary N) is 2. The van der Waals surface area contributed by atoms with E-state index in [1.54, 1.807) is 37.3 Å². The molecule has 0 spiro atoms. The number of rotatable bonds is 8. The number of nitrogens with zero attached hydrogens (tertiary/aromatic N) is 1. The van der Waals surface area contributed by atoms with Crippen LogP contribution < -0.4 is 25.0 Å². The van der Waals surface area contributed by atoms with E-state index in [-0.39, 0.29) is 23.8 Å². The van der Waals surface area contributed by atoms with Crippen molar-refractivity contribution in [1.29, 1.82) is 0 Å². The highest BCUT2D eigenvalue weighted by Gasteiger charge is 2.37. The largest absolute Gasteiger partial charge is 0.490 e. The van der Waals surface area contributed by atoms with Crippen molar-refractivity contribution in [2.24, 2.45) is 0 Å². The van der Waals surface area contributed by atoms with Gasteiger partial charge >= 0.3 is 6.03 Å². The molecule has 2 N–H and O–H groups in total. The van der Waals surface area contributed by atoms with Crippen molar-refractivity contribution in [3.63, 3.8) is 0 Å². The second-order valence-corrected chi connectivity index (χ2v) is 9.95. The lowest BCUT2D eigenvalue weighted by molar-refractivity contribution is -0.122. The van der Waals surface area contributed by atoms with Gasteiger partial charge in [-0.1, -0.05) is 35.9 Å². The summed E-state index contributed by atoms with van der Waals surface area (Å²) in [4.78, 5) is 51.6. The van der Waals surface area contributed by atoms with Gasteiger partial charge < -0.3 is 14.8 Å². The van der Waals surface area contributed by atoms with E-state index < -0.39 is 17.8 Å². The van der Waals surface area contributed by atoms with Crippen LogP contribution >= 0.6 is 34.2 Å². The molecule has 39 heavy (non-hydrogen) atoms. The number of aryl methyl sites for hydroxylation is 1. The molecule has 1 saturated heterocycles. The number of carbonyl (C=O) groups excluding carboxylic acids is 4. The average Bonchev–Trinajstić information content (AvgIpc) is 2.87. The fraction of sp³-hybridized carbons (Fsp3) is 0.143. The normalized spacial score (nSPS) is 14.3. The molecular weight excluding hydrogens is 637 g/mol. The first-order valence-corrected chi connectivity index (χ1v) is 13.2. The molecule has 1 heterocycles. The van der Waals surface area contributed by atoms with Crippen molar-refractivity contribution in [2.45, 2.75) is 13.8 Å². The fourth-order valence-electron chi connectivity index (χ4n) is 3.79. The van der Waals surface area contributed by atoms with E-state index in [0.29, 0.717) is 37.9 Å². The number of hydrogen-bond donors (Lipinski definition) is 2. The molecule has 0 atom stereocenters. The maximum atomic E-state index is 13.2. The number of halogens is 2. The van der Waals surface area contributed by atoms with Crippen molar-refractivity contribution >= 4 is 75.4 Å². The quantitative estimate of drug-likeness (QED) is 0.192. The van der Waals surface area contributed by atoms with Crippen LogP contribution in [0.25, 0.3) is 6.08 Å². The zero-order valence-corrected chi connectivity index (χ0v) is 23.8. The van der Waals surface area contributed by atoms with Crippen LogP contribution in [0, 0.1) is 10.5 Å². The van der Waals surface area contributed by atoms with Crippen LogP contribution in [0.3, 0.4) is 0 Å². The minimum absolute atomic E-state index is 0.223. The Bertz CT molecular complexity index is 1510. The molecule has 0 aliphatic carbocycles. The van der Waals surface area contributed by atoms with Gasteiger partial charge in [0.25, 0.3) is 17.7 Å². The number of anilines is 2. The number of barbiturate groups is 1. The van der Waals surface area contributed by atoms with Crippen molar-refractivity contribution in [2.75, 3.05) is 23.4 Å². The van der Waals surface area contributed by atoms with Gasteiger partial charge in [0.2, 0.25) is 0 Å². The summed E-state index contributed by atoms with van der Waals surface area (Å²) in [5.41, 5.74) is 2.04. The molecule has 0 radical (unpaired) electrons. The molecule has 4 rings (SSSR count). The minimum atomic E-state index is -0.873. The SMILES string of the molecule is CCOc1cc(/C=C2\C(=O)NC(=O)N(c3cccc(Cl)c3)C2=O)cc(I)c1OCC(=O)Nc1ccccc1C. The first kappa shape index (κ1) is 28.1. The molecule has 200 valence electrons. The van der Waals surface area contributed by atoms with Gasteiger partial charge in [-0.05, 0) is 90.0 Å². The number of imide groups is 2. The Kier molecular flexibility index (Phi) is 8.87. The van der Waals surface area contributed by atoms with Gasteiger partial charge in [-0.25, -0.2) is 9.69 Å². The van der Waals surface area contributed by atoms with E-state index >= 15 is 0 Å². The van der Waals surface area contributed by atoms with Crippen LogP contribution in [0.15, 0.2) is 66.2 Å². The van der Waals surface area contributed by atoms with Crippen LogP contribution in [0.2, 0.25) is 5.02 Å². The summed E-state index contributed by atoms with van der Waals surface area (Å²) in [7, 11) is 0. The highest BCUT2D eigenvalue weighted by Crippen LogP contribution is 2.35. The average molecular weight is 660 g/mol. The Morgan fingerprint density at radius 3 is 2.56 bits per heavy atom. The number of ether oxygens (including phenoxy) is 2. The third kappa shape index (κ3) is 6.58. The smallest absolute Gasteiger partial charge is 0.335 e. The zero-order valence-electron chi connectivity index (χ0n) is 20.9. The summed E-state index contributed by atoms with van der Waals surface area (Å²) in [6.45, 7) is 3.72. The number of para-hydroxylation sites is 1. The molecule has 1 aliphatic rings. The number of carbonyl (C=O) groups is 4. The molecule has 5 amide bonds. The summed E-state index contributed by atoms with van der Waals surface area (Å²) >= 11 is 8.04. The topological polar surface area (TPSA) is 114 Å². The molecule has 3 aromatic carbocycles. The van der Waals surface area contributed by atoms with Crippen molar-refractivity contribution < 1.29 is 28.7 Å². The molecule has 11 heteroatoms. The lowest BCUT2D eigenvalue weighted by atomic mass is 10.1. The van der Waals surface area contributed by atoms with Crippen LogP contribution in [0.1, 0.15) is 18.1 Å². The second kappa shape index (κ2) is 12.3. The van der Waals surface area contributed by atoms with Gasteiger partial charge in [-0.2, -0.15) is 0 Å². The summed E-state index contributed by atoms with van der Waals surface area (Å²) in [5, 5.41) is 5.32. The van der Waals surface area contributed by atoms with Gasteiger partial charge in [0.05, 0.1) is 15.9 Å². The fourth-order valence-corrected chi connectivity index (χ4v) is 4.75. The standard InChI is InChI=1S/C28H23ClIN3O6/c1-3-38-23-13-17(12-21(30)25(23)39-15-24(34)31-22-10-5-4-7-16(22)2)11-20-26(35)32-28(37)33(27(20)36)19-9-6-8-18(29)14-19/h4-14H,3,15H2,1-2H3,(H,31,34)(H,32,35,37)/b20-11+. The van der Waals surface area contributed by atoms with Crippen LogP contribution in [-0.2, 0) is 14.4 Å². The zero-order chi connectivity index (χ0) is 28.1. The molecule has 0 bridgehead atoms. The number of urea groups is 1. The van der Waals surface area contributed by atoms with E-state index in [1.165, 1.54) is 18.2 Å². The molecule has 3 aromatic rings. The molecule has 1 aliphatic heterocycles. The van der Waals surface area contributed by atoms with Crippen molar-refractivity contribution in [3.05, 3.63) is 86.0 Å². The maximum absolute atomic E-state index is 13.2. The predicted octanol–water partition coefficient (Wildman–Crippen LogP) is 5.34. The number of benzene rings is 3. The van der Waals surface area contributed by atoms with Crippen molar-refractivity contribution in [3.8, 4) is 11.5 Å². The maximum Gasteiger partial charge on any atom is 0.335 e. The van der Waals surface area contributed by atoms with Gasteiger partial charge in [0.1, 0.15) is 5.57 Å². The number of hydrogen-bond acceptors (Lipinski definition) is 6. The summed E-state index contributed by atoms with van der Waals surface area (Å²) in [6, 6.07) is 16.0. The molecule has 0 saturated carbocycles. The first-order chi connectivity index (χ1) is 18.7. The lowest BCUT2D eigenvalue weighted by Crippen LogP contribution is -2.54. The molecule has 0 unspecified atom stereocenters. The van der Waals surface area contributed by atoms with Crippen LogP contribution in [0.5, 0.6) is 11.5 Å². The van der Waals surface area contributed by atoms with Crippen LogP contribution in [-0.4, -0.2) is 37.0 Å². The Balaban J connectivity index is 1.59. The van der Waals surface area contributed by atoms with E-state index in [2.05, 4.69) is 10.6 Å². The lowest BCUT2D eigenvalue weighted by Gasteiger charge is -2.26. The van der Waals surface area contributed by atoms with E-state index in [9.17, 15) is 19.2 Å². The molecule has 9 nitrogen and oxygen atoms in total. The predicted molar refractivity (Wildman–Crippen MR) is 156 cm³/mol. The van der Waals surface area contributed by atoms with Crippen LogP contribution in [0.4, 0.5) is 16.2 Å². The van der Waals surface area contributed by atoms with E-state index in [1.807, 2.05) is 47.7 Å². The Morgan fingerprint density at radius 1 is 1.08 bits per heavy atom. The van der Waals surface area contributed by atoms with E-state index in [4.69, 9.17) is 21.1 Å². The van der Waals surface area contributed by atoms with Gasteiger partial charge in [-0.3, -0.25) is 19.7 Å². The summed E-state index contributed by atoms with van der Waals surface area (Å²) in [5.74, 6) is -1.30. The Hall–Kier alpha value is -3.90. The highest BCUT2D eigenvalue weighted by atomic mass is 127. The molecular formula is C28H23ClIN3O6. The Labute approximate surface area is 243 Å². The van der Waals surface area contributed by atoms with Gasteiger partial charge in [0, 0.05) is 10.7 Å². The molecule has 0 aromatic heterocycles. The summed E-state index contributed by atoms with van der Waals surface area (Å²) < 4.78 is 12.1. The summed E-state index contributed by atoms with van der Waals surface area (Å²) in [6.07, 6.45) is 1.36.